The summed E-state index contributed by atoms with van der Waals surface area (Å²) in [6, 6.07) is 3.71. The lowest BCUT2D eigenvalue weighted by atomic mass is 10.1. The second-order valence-electron chi connectivity index (χ2n) is 5.97. The number of ether oxygens (including phenoxy) is 1. The van der Waals surface area contributed by atoms with Crippen molar-refractivity contribution >= 4 is 23.6 Å². The molecule has 1 aromatic carbocycles. The van der Waals surface area contributed by atoms with E-state index >= 15 is 0 Å². The van der Waals surface area contributed by atoms with Crippen LogP contribution in [0, 0.1) is 0 Å². The molecule has 27 heavy (non-hydrogen) atoms. The Morgan fingerprint density at radius 2 is 1.85 bits per heavy atom. The number of carbonyl (C=O) groups excluding carboxylic acids is 3. The van der Waals surface area contributed by atoms with Crippen LogP contribution in [0.1, 0.15) is 25.3 Å². The Morgan fingerprint density at radius 3 is 2.44 bits per heavy atom. The molecular weight excluding hydrogens is 367 g/mol. The number of nitrogens with one attached hydrogen (secondary N) is 2. The van der Waals surface area contributed by atoms with Crippen LogP contribution in [0.25, 0.3) is 0 Å². The number of alkyl halides is 3. The highest BCUT2D eigenvalue weighted by Gasteiger charge is 2.31. The zero-order chi connectivity index (χ0) is 20.0. The Hall–Kier alpha value is -2.78. The second kappa shape index (κ2) is 8.74. The molecule has 0 aliphatic carbocycles. The molecule has 148 valence electrons. The van der Waals surface area contributed by atoms with E-state index in [0.29, 0.717) is 25.9 Å². The number of piperidine rings is 1. The van der Waals surface area contributed by atoms with Crippen LogP contribution in [0.4, 0.5) is 23.7 Å². The lowest BCUT2D eigenvalue weighted by Crippen LogP contribution is -2.49. The van der Waals surface area contributed by atoms with Crippen molar-refractivity contribution < 1.29 is 32.3 Å². The Labute approximate surface area is 153 Å². The molecule has 0 atom stereocenters. The summed E-state index contributed by atoms with van der Waals surface area (Å²) < 4.78 is 42.9. The molecule has 1 aliphatic heterocycles. The second-order valence-corrected chi connectivity index (χ2v) is 5.97. The van der Waals surface area contributed by atoms with Crippen molar-refractivity contribution in [2.45, 2.75) is 32.0 Å². The summed E-state index contributed by atoms with van der Waals surface area (Å²) in [6.07, 6.45) is -4.08. The third-order valence-electron chi connectivity index (χ3n) is 4.01. The highest BCUT2D eigenvalue weighted by Crippen LogP contribution is 2.30. The highest BCUT2D eigenvalue weighted by atomic mass is 19.4. The van der Waals surface area contributed by atoms with E-state index in [-0.39, 0.29) is 18.3 Å². The van der Waals surface area contributed by atoms with Gasteiger partial charge >= 0.3 is 24.1 Å². The number of halogens is 3. The molecule has 0 aromatic heterocycles. The Morgan fingerprint density at radius 1 is 1.19 bits per heavy atom. The summed E-state index contributed by atoms with van der Waals surface area (Å²) in [7, 11) is 0. The van der Waals surface area contributed by atoms with Crippen molar-refractivity contribution in [1.29, 1.82) is 0 Å². The minimum absolute atomic E-state index is 0.123. The molecule has 1 heterocycles. The van der Waals surface area contributed by atoms with Crippen LogP contribution >= 0.6 is 0 Å². The van der Waals surface area contributed by atoms with Gasteiger partial charge in [0.15, 0.2) is 0 Å². The fourth-order valence-electron chi connectivity index (χ4n) is 2.63. The maximum atomic E-state index is 12.7. The minimum atomic E-state index is -4.55. The molecule has 1 aromatic rings. The Bertz CT molecular complexity index is 701. The van der Waals surface area contributed by atoms with Gasteiger partial charge in [-0.15, -0.1) is 0 Å². The summed E-state index contributed by atoms with van der Waals surface area (Å²) >= 11 is 0. The van der Waals surface area contributed by atoms with E-state index in [1.807, 2.05) is 0 Å². The summed E-state index contributed by atoms with van der Waals surface area (Å²) in [5.74, 6) is -2.00. The number of nitrogens with zero attached hydrogens (tertiary/aromatic N) is 1. The summed E-state index contributed by atoms with van der Waals surface area (Å²) in [5.41, 5.74) is -1.05. The maximum absolute atomic E-state index is 12.7. The van der Waals surface area contributed by atoms with E-state index in [2.05, 4.69) is 10.6 Å². The van der Waals surface area contributed by atoms with Crippen molar-refractivity contribution in [3.05, 3.63) is 29.8 Å². The standard InChI is InChI=1S/C17H20F3N3O4/c1-2-27-16(26)23-8-6-12(7-9-23)21-14(24)15(25)22-13-5-3-4-11(10-13)17(18,19)20/h3-5,10,12H,2,6-9H2,1H3,(H,21,24)(H,22,25). The first-order valence-corrected chi connectivity index (χ1v) is 8.41. The van der Waals surface area contributed by atoms with Gasteiger partial charge in [-0.1, -0.05) is 6.07 Å². The topological polar surface area (TPSA) is 87.7 Å². The van der Waals surface area contributed by atoms with E-state index in [4.69, 9.17) is 4.74 Å². The van der Waals surface area contributed by atoms with E-state index in [9.17, 15) is 27.6 Å². The molecule has 3 amide bonds. The number of hydrogen-bond acceptors (Lipinski definition) is 4. The summed E-state index contributed by atoms with van der Waals surface area (Å²) in [4.78, 5) is 37.0. The predicted octanol–water partition coefficient (Wildman–Crippen LogP) is 2.38. The molecule has 7 nitrogen and oxygen atoms in total. The Kier molecular flexibility index (Phi) is 6.65. The molecule has 1 aliphatic rings. The largest absolute Gasteiger partial charge is 0.450 e. The number of carbonyl (C=O) groups is 3. The van der Waals surface area contributed by atoms with Crippen LogP contribution in [0.2, 0.25) is 0 Å². The first-order chi connectivity index (χ1) is 12.7. The van der Waals surface area contributed by atoms with Gasteiger partial charge in [-0.25, -0.2) is 4.79 Å². The SMILES string of the molecule is CCOC(=O)N1CCC(NC(=O)C(=O)Nc2cccc(C(F)(F)F)c2)CC1. The first-order valence-electron chi connectivity index (χ1n) is 8.41. The quantitative estimate of drug-likeness (QED) is 0.780. The molecule has 0 saturated carbocycles. The van der Waals surface area contributed by atoms with Gasteiger partial charge in [0.1, 0.15) is 0 Å². The molecule has 0 unspecified atom stereocenters. The van der Waals surface area contributed by atoms with Crippen LogP contribution in [0.5, 0.6) is 0 Å². The van der Waals surface area contributed by atoms with E-state index in [0.717, 1.165) is 18.2 Å². The number of amides is 3. The first kappa shape index (κ1) is 20.5. The summed E-state index contributed by atoms with van der Waals surface area (Å²) in [6.45, 7) is 2.72. The van der Waals surface area contributed by atoms with Crippen LogP contribution in [0.15, 0.2) is 24.3 Å². The molecule has 2 rings (SSSR count). The van der Waals surface area contributed by atoms with Crippen molar-refractivity contribution in [3.63, 3.8) is 0 Å². The van der Waals surface area contributed by atoms with Gasteiger partial charge in [0.05, 0.1) is 12.2 Å². The maximum Gasteiger partial charge on any atom is 0.416 e. The lowest BCUT2D eigenvalue weighted by molar-refractivity contribution is -0.137. The molecule has 2 N–H and O–H groups in total. The molecule has 0 spiro atoms. The van der Waals surface area contributed by atoms with Crippen molar-refractivity contribution in [2.24, 2.45) is 0 Å². The van der Waals surface area contributed by atoms with Crippen LogP contribution in [-0.2, 0) is 20.5 Å². The Balaban J connectivity index is 1.85. The molecule has 0 radical (unpaired) electrons. The van der Waals surface area contributed by atoms with Crippen LogP contribution in [-0.4, -0.2) is 48.5 Å². The molecule has 10 heteroatoms. The average Bonchev–Trinajstić information content (AvgIpc) is 2.62. The van der Waals surface area contributed by atoms with Gasteiger partial charge < -0.3 is 20.3 Å². The van der Waals surface area contributed by atoms with Crippen LogP contribution < -0.4 is 10.6 Å². The number of benzene rings is 1. The normalized spacial score (nSPS) is 15.2. The number of anilines is 1. The van der Waals surface area contributed by atoms with Crippen LogP contribution in [0.3, 0.4) is 0 Å². The lowest BCUT2D eigenvalue weighted by Gasteiger charge is -2.31. The van der Waals surface area contributed by atoms with Gasteiger partial charge in [-0.2, -0.15) is 13.2 Å². The highest BCUT2D eigenvalue weighted by molar-refractivity contribution is 6.39. The summed E-state index contributed by atoms with van der Waals surface area (Å²) in [5, 5.41) is 4.68. The smallest absolute Gasteiger partial charge is 0.416 e. The van der Waals surface area contributed by atoms with Gasteiger partial charge in [0.2, 0.25) is 0 Å². The van der Waals surface area contributed by atoms with Crippen molar-refractivity contribution in [3.8, 4) is 0 Å². The fraction of sp³-hybridized carbons (Fsp3) is 0.471. The van der Waals surface area contributed by atoms with E-state index in [1.54, 1.807) is 6.92 Å². The zero-order valence-corrected chi connectivity index (χ0v) is 14.6. The van der Waals surface area contributed by atoms with E-state index in [1.165, 1.54) is 11.0 Å². The van der Waals surface area contributed by atoms with Gasteiger partial charge in [0.25, 0.3) is 0 Å². The zero-order valence-electron chi connectivity index (χ0n) is 14.6. The molecule has 0 bridgehead atoms. The molecule has 1 fully saturated rings. The number of hydrogen-bond donors (Lipinski definition) is 2. The number of likely N-dealkylation sites (tertiary alicyclic amines) is 1. The van der Waals surface area contributed by atoms with Crippen molar-refractivity contribution in [2.75, 3.05) is 25.0 Å². The third kappa shape index (κ3) is 5.87. The average molecular weight is 387 g/mol. The monoisotopic (exact) mass is 387 g/mol. The van der Waals surface area contributed by atoms with Gasteiger partial charge in [0, 0.05) is 24.8 Å². The molecule has 1 saturated heterocycles. The van der Waals surface area contributed by atoms with Gasteiger partial charge in [-0.05, 0) is 38.0 Å². The molecular formula is C17H20F3N3O4. The fourth-order valence-corrected chi connectivity index (χ4v) is 2.63. The number of rotatable bonds is 3. The van der Waals surface area contributed by atoms with E-state index < -0.39 is 29.6 Å². The predicted molar refractivity (Wildman–Crippen MR) is 89.8 cm³/mol. The minimum Gasteiger partial charge on any atom is -0.450 e. The third-order valence-corrected chi connectivity index (χ3v) is 4.01. The van der Waals surface area contributed by atoms with Gasteiger partial charge in [-0.3, -0.25) is 9.59 Å². The van der Waals surface area contributed by atoms with Crippen molar-refractivity contribution in [1.82, 2.24) is 10.2 Å².